The van der Waals surface area contributed by atoms with Crippen LogP contribution < -0.4 is 0 Å². The molecule has 0 saturated carbocycles. The summed E-state index contributed by atoms with van der Waals surface area (Å²) in [6, 6.07) is 8.60. The fourth-order valence-electron chi connectivity index (χ4n) is 2.53. The van der Waals surface area contributed by atoms with Crippen molar-refractivity contribution in [3.8, 4) is 0 Å². The molecule has 0 spiro atoms. The molecule has 0 amide bonds. The van der Waals surface area contributed by atoms with Gasteiger partial charge in [0.25, 0.3) is 0 Å². The highest BCUT2D eigenvalue weighted by Crippen LogP contribution is 2.36. The van der Waals surface area contributed by atoms with E-state index in [1.165, 1.54) is 35.1 Å². The van der Waals surface area contributed by atoms with E-state index in [0.29, 0.717) is 5.41 Å². The fraction of sp³-hybridized carbons (Fsp3) is 0.412. The van der Waals surface area contributed by atoms with Gasteiger partial charge in [-0.2, -0.15) is 0 Å². The van der Waals surface area contributed by atoms with E-state index in [4.69, 9.17) is 0 Å². The van der Waals surface area contributed by atoms with Crippen LogP contribution in [-0.4, -0.2) is 0 Å². The Hall–Kier alpha value is -1.30. The zero-order valence-corrected chi connectivity index (χ0v) is 11.4. The second-order valence-corrected chi connectivity index (χ2v) is 5.84. The summed E-state index contributed by atoms with van der Waals surface area (Å²) < 4.78 is 0. The van der Waals surface area contributed by atoms with Gasteiger partial charge in [-0.25, -0.2) is 0 Å². The molecule has 1 aromatic rings. The lowest BCUT2D eigenvalue weighted by atomic mass is 9.77. The normalized spacial score (nSPS) is 21.4. The summed E-state index contributed by atoms with van der Waals surface area (Å²) in [6.45, 7) is 9.06. The van der Waals surface area contributed by atoms with Crippen molar-refractivity contribution >= 4 is 6.08 Å². The SMILES string of the molecule is CC1=CC(C)(C)CC/C1=C/c1ccccc1C. The Labute approximate surface area is 105 Å². The third-order valence-electron chi connectivity index (χ3n) is 3.67. The third-order valence-corrected chi connectivity index (χ3v) is 3.67. The van der Waals surface area contributed by atoms with Gasteiger partial charge >= 0.3 is 0 Å². The lowest BCUT2D eigenvalue weighted by Gasteiger charge is -2.28. The predicted octanol–water partition coefficient (Wildman–Crippen LogP) is 5.14. The first-order valence-electron chi connectivity index (χ1n) is 6.44. The highest BCUT2D eigenvalue weighted by molar-refractivity contribution is 5.61. The number of benzene rings is 1. The van der Waals surface area contributed by atoms with E-state index in [9.17, 15) is 0 Å². The molecule has 0 aromatic heterocycles. The highest BCUT2D eigenvalue weighted by atomic mass is 14.3. The molecule has 90 valence electrons. The van der Waals surface area contributed by atoms with E-state index in [2.05, 4.69) is 64.1 Å². The molecule has 0 saturated heterocycles. The van der Waals surface area contributed by atoms with Crippen LogP contribution in [0.3, 0.4) is 0 Å². The number of allylic oxidation sites excluding steroid dienone is 3. The highest BCUT2D eigenvalue weighted by Gasteiger charge is 2.21. The van der Waals surface area contributed by atoms with Crippen LogP contribution in [-0.2, 0) is 0 Å². The monoisotopic (exact) mass is 226 g/mol. The molecule has 17 heavy (non-hydrogen) atoms. The minimum Gasteiger partial charge on any atom is -0.0756 e. The summed E-state index contributed by atoms with van der Waals surface area (Å²) in [5.41, 5.74) is 6.03. The standard InChI is InChI=1S/C17H22/c1-13-7-5-6-8-15(13)11-16-9-10-17(3,4)12-14(16)2/h5-8,11-12H,9-10H2,1-4H3/b16-11-. The maximum atomic E-state index is 2.42. The predicted molar refractivity (Wildman–Crippen MR) is 75.9 cm³/mol. The molecule has 0 heterocycles. The van der Waals surface area contributed by atoms with Crippen molar-refractivity contribution in [2.24, 2.45) is 5.41 Å². The summed E-state index contributed by atoms with van der Waals surface area (Å²) in [6.07, 6.45) is 7.22. The van der Waals surface area contributed by atoms with Crippen molar-refractivity contribution in [1.82, 2.24) is 0 Å². The Morgan fingerprint density at radius 3 is 2.47 bits per heavy atom. The van der Waals surface area contributed by atoms with Crippen molar-refractivity contribution in [3.63, 3.8) is 0 Å². The molecule has 0 unspecified atom stereocenters. The average molecular weight is 226 g/mol. The van der Waals surface area contributed by atoms with Gasteiger partial charge in [0.2, 0.25) is 0 Å². The molecular formula is C17H22. The zero-order chi connectivity index (χ0) is 12.5. The first kappa shape index (κ1) is 12.2. The number of rotatable bonds is 1. The molecule has 0 heteroatoms. The Morgan fingerprint density at radius 1 is 1.12 bits per heavy atom. The average Bonchev–Trinajstić information content (AvgIpc) is 2.24. The minimum absolute atomic E-state index is 0.368. The van der Waals surface area contributed by atoms with Gasteiger partial charge < -0.3 is 0 Å². The van der Waals surface area contributed by atoms with Gasteiger partial charge in [0.1, 0.15) is 0 Å². The summed E-state index contributed by atoms with van der Waals surface area (Å²) in [7, 11) is 0. The summed E-state index contributed by atoms with van der Waals surface area (Å²) in [4.78, 5) is 0. The second kappa shape index (κ2) is 4.52. The topological polar surface area (TPSA) is 0 Å². The Kier molecular flexibility index (Phi) is 3.24. The number of hydrogen-bond acceptors (Lipinski definition) is 0. The molecular weight excluding hydrogens is 204 g/mol. The van der Waals surface area contributed by atoms with Gasteiger partial charge in [0.05, 0.1) is 0 Å². The molecule has 0 fully saturated rings. The van der Waals surface area contributed by atoms with E-state index < -0.39 is 0 Å². The Balaban J connectivity index is 2.34. The van der Waals surface area contributed by atoms with Crippen LogP contribution in [0.2, 0.25) is 0 Å². The maximum absolute atomic E-state index is 2.42. The summed E-state index contributed by atoms with van der Waals surface area (Å²) in [5.74, 6) is 0. The smallest absolute Gasteiger partial charge is 0.0166 e. The van der Waals surface area contributed by atoms with Gasteiger partial charge in [-0.15, -0.1) is 0 Å². The number of aryl methyl sites for hydroxylation is 1. The van der Waals surface area contributed by atoms with Crippen molar-refractivity contribution in [2.75, 3.05) is 0 Å². The molecule has 0 N–H and O–H groups in total. The van der Waals surface area contributed by atoms with E-state index >= 15 is 0 Å². The van der Waals surface area contributed by atoms with Crippen LogP contribution in [0.25, 0.3) is 6.08 Å². The van der Waals surface area contributed by atoms with E-state index in [0.717, 1.165) is 0 Å². The molecule has 1 aromatic carbocycles. The first-order chi connectivity index (χ1) is 7.98. The van der Waals surface area contributed by atoms with Crippen molar-refractivity contribution in [3.05, 3.63) is 52.6 Å². The fourth-order valence-corrected chi connectivity index (χ4v) is 2.53. The second-order valence-electron chi connectivity index (χ2n) is 5.84. The van der Waals surface area contributed by atoms with Crippen LogP contribution in [0.15, 0.2) is 41.5 Å². The van der Waals surface area contributed by atoms with Crippen molar-refractivity contribution in [1.29, 1.82) is 0 Å². The lowest BCUT2D eigenvalue weighted by Crippen LogP contribution is -2.13. The van der Waals surface area contributed by atoms with Crippen LogP contribution in [0, 0.1) is 12.3 Å². The molecule has 0 atom stereocenters. The number of hydrogen-bond donors (Lipinski definition) is 0. The van der Waals surface area contributed by atoms with Gasteiger partial charge in [-0.1, -0.05) is 55.8 Å². The largest absolute Gasteiger partial charge is 0.0756 e. The minimum atomic E-state index is 0.368. The van der Waals surface area contributed by atoms with Gasteiger partial charge in [-0.3, -0.25) is 0 Å². The maximum Gasteiger partial charge on any atom is -0.0166 e. The summed E-state index contributed by atoms with van der Waals surface area (Å²) >= 11 is 0. The van der Waals surface area contributed by atoms with E-state index in [1.54, 1.807) is 0 Å². The zero-order valence-electron chi connectivity index (χ0n) is 11.4. The van der Waals surface area contributed by atoms with Gasteiger partial charge in [0, 0.05) is 0 Å². The van der Waals surface area contributed by atoms with Crippen LogP contribution in [0.4, 0.5) is 0 Å². The van der Waals surface area contributed by atoms with Crippen LogP contribution in [0.1, 0.15) is 44.7 Å². The van der Waals surface area contributed by atoms with Crippen molar-refractivity contribution < 1.29 is 0 Å². The lowest BCUT2D eigenvalue weighted by molar-refractivity contribution is 0.423. The Morgan fingerprint density at radius 2 is 1.82 bits per heavy atom. The van der Waals surface area contributed by atoms with E-state index in [1.807, 2.05) is 0 Å². The molecule has 0 radical (unpaired) electrons. The summed E-state index contributed by atoms with van der Waals surface area (Å²) in [5, 5.41) is 0. The van der Waals surface area contributed by atoms with Crippen LogP contribution in [0.5, 0.6) is 0 Å². The first-order valence-corrected chi connectivity index (χ1v) is 6.44. The molecule has 0 aliphatic heterocycles. The quantitative estimate of drug-likeness (QED) is 0.621. The van der Waals surface area contributed by atoms with E-state index in [-0.39, 0.29) is 0 Å². The molecule has 0 nitrogen and oxygen atoms in total. The molecule has 1 aliphatic carbocycles. The van der Waals surface area contributed by atoms with Crippen molar-refractivity contribution in [2.45, 2.75) is 40.5 Å². The van der Waals surface area contributed by atoms with Gasteiger partial charge in [0.15, 0.2) is 0 Å². The van der Waals surface area contributed by atoms with Crippen LogP contribution >= 0.6 is 0 Å². The van der Waals surface area contributed by atoms with Gasteiger partial charge in [-0.05, 0) is 48.8 Å². The Bertz CT molecular complexity index is 473. The third kappa shape index (κ3) is 2.88. The molecule has 1 aliphatic rings. The molecule has 0 bridgehead atoms. The molecule has 2 rings (SSSR count).